The number of carbonyl (C=O) groups is 2. The lowest BCUT2D eigenvalue weighted by Gasteiger charge is -2.05. The summed E-state index contributed by atoms with van der Waals surface area (Å²) in [6.45, 7) is 5.13. The maximum Gasteiger partial charge on any atom is 0.271 e. The molecule has 0 bridgehead atoms. The van der Waals surface area contributed by atoms with Crippen molar-refractivity contribution in [2.45, 2.75) is 20.3 Å². The van der Waals surface area contributed by atoms with Crippen molar-refractivity contribution in [2.24, 2.45) is 5.92 Å². The second-order valence-corrected chi connectivity index (χ2v) is 8.03. The zero-order valence-corrected chi connectivity index (χ0v) is 17.2. The van der Waals surface area contributed by atoms with E-state index in [9.17, 15) is 9.59 Å². The van der Waals surface area contributed by atoms with Gasteiger partial charge in [-0.15, -0.1) is 22.7 Å². The van der Waals surface area contributed by atoms with Crippen molar-refractivity contribution in [1.29, 1.82) is 0 Å². The first-order chi connectivity index (χ1) is 12.5. The summed E-state index contributed by atoms with van der Waals surface area (Å²) in [7, 11) is 0. The van der Waals surface area contributed by atoms with Gasteiger partial charge in [0, 0.05) is 24.7 Å². The fourth-order valence-corrected chi connectivity index (χ4v) is 3.73. The van der Waals surface area contributed by atoms with Gasteiger partial charge >= 0.3 is 0 Å². The summed E-state index contributed by atoms with van der Waals surface area (Å²) >= 11 is 6.85. The minimum absolute atomic E-state index is 0.117. The minimum atomic E-state index is -0.215. The van der Waals surface area contributed by atoms with Crippen LogP contribution in [0.1, 0.15) is 35.6 Å². The van der Waals surface area contributed by atoms with Crippen LogP contribution in [0.15, 0.2) is 17.7 Å². The Morgan fingerprint density at radius 1 is 1.27 bits per heavy atom. The number of thiol groups is 1. The predicted octanol–water partition coefficient (Wildman–Crippen LogP) is 3.10. The Balaban J connectivity index is 2.03. The number of aromatic nitrogens is 2. The highest BCUT2D eigenvalue weighted by atomic mass is 32.1. The number of thiazole rings is 2. The number of rotatable bonds is 9. The molecule has 0 aliphatic rings. The summed E-state index contributed by atoms with van der Waals surface area (Å²) in [6, 6.07) is 0. The summed E-state index contributed by atoms with van der Waals surface area (Å²) in [4.78, 5) is 33.2. The van der Waals surface area contributed by atoms with Crippen LogP contribution in [0.5, 0.6) is 0 Å². The molecule has 6 nitrogen and oxygen atoms in total. The molecule has 140 valence electrons. The van der Waals surface area contributed by atoms with Gasteiger partial charge in [-0.3, -0.25) is 9.59 Å². The summed E-state index contributed by atoms with van der Waals surface area (Å²) < 4.78 is 0. The van der Waals surface area contributed by atoms with Crippen molar-refractivity contribution in [3.63, 3.8) is 0 Å². The molecule has 0 atom stereocenters. The van der Waals surface area contributed by atoms with Crippen molar-refractivity contribution >= 4 is 53.2 Å². The number of hydrogen-bond acceptors (Lipinski definition) is 7. The molecular formula is C17H22N4O2S3. The van der Waals surface area contributed by atoms with Gasteiger partial charge in [-0.25, -0.2) is 9.97 Å². The molecule has 0 radical (unpaired) electrons. The maximum absolute atomic E-state index is 12.5. The van der Waals surface area contributed by atoms with E-state index in [2.05, 4.69) is 47.1 Å². The van der Waals surface area contributed by atoms with Crippen LogP contribution >= 0.6 is 35.3 Å². The van der Waals surface area contributed by atoms with Crippen LogP contribution in [0, 0.1) is 5.92 Å². The Hall–Kier alpha value is -1.71. The maximum atomic E-state index is 12.5. The summed E-state index contributed by atoms with van der Waals surface area (Å²) in [5.74, 6) is 0.212. The highest BCUT2D eigenvalue weighted by molar-refractivity contribution is 7.81. The van der Waals surface area contributed by atoms with Gasteiger partial charge < -0.3 is 10.6 Å². The lowest BCUT2D eigenvalue weighted by atomic mass is 10.2. The molecule has 0 spiro atoms. The first-order valence-corrected chi connectivity index (χ1v) is 10.6. The van der Waals surface area contributed by atoms with E-state index < -0.39 is 0 Å². The molecule has 0 unspecified atom stereocenters. The smallest absolute Gasteiger partial charge is 0.271 e. The van der Waals surface area contributed by atoms with Gasteiger partial charge in [0.15, 0.2) is 10.0 Å². The molecule has 0 aliphatic carbocycles. The molecule has 2 aromatic rings. The first-order valence-electron chi connectivity index (χ1n) is 8.26. The Kier molecular flexibility index (Phi) is 8.27. The predicted molar refractivity (Wildman–Crippen MR) is 111 cm³/mol. The Morgan fingerprint density at radius 2 is 2.04 bits per heavy atom. The van der Waals surface area contributed by atoms with Crippen LogP contribution in [0.2, 0.25) is 0 Å². The van der Waals surface area contributed by atoms with Gasteiger partial charge in [0.1, 0.15) is 5.69 Å². The van der Waals surface area contributed by atoms with Gasteiger partial charge in [0.2, 0.25) is 5.91 Å². The van der Waals surface area contributed by atoms with E-state index >= 15 is 0 Å². The zero-order valence-electron chi connectivity index (χ0n) is 14.7. The number of carbonyl (C=O) groups excluding carboxylic acids is 2. The standard InChI is InChI=1S/C17H22N4O2S3/c1-11(2)4-5-12-14(21-17(26-12)16-20-8-9-25-16)15(23)19-7-3-6-18-13(22)10-24/h4-5,8-9,11,24H,3,6-7,10H2,1-2H3,(H,18,22)(H,19,23). The molecule has 2 heterocycles. The molecule has 0 saturated carbocycles. The van der Waals surface area contributed by atoms with Crippen molar-refractivity contribution in [3.05, 3.63) is 28.2 Å². The highest BCUT2D eigenvalue weighted by Gasteiger charge is 2.18. The zero-order chi connectivity index (χ0) is 18.9. The fraction of sp³-hybridized carbons (Fsp3) is 0.412. The molecule has 0 saturated heterocycles. The molecule has 9 heteroatoms. The van der Waals surface area contributed by atoms with E-state index in [1.807, 2.05) is 17.5 Å². The molecule has 0 aliphatic heterocycles. The van der Waals surface area contributed by atoms with Crippen LogP contribution < -0.4 is 10.6 Å². The van der Waals surface area contributed by atoms with Crippen LogP contribution in [-0.4, -0.2) is 40.6 Å². The summed E-state index contributed by atoms with van der Waals surface area (Å²) in [6.07, 6.45) is 6.36. The third kappa shape index (κ3) is 6.22. The fourth-order valence-electron chi connectivity index (χ4n) is 1.97. The number of allylic oxidation sites excluding steroid dienone is 1. The van der Waals surface area contributed by atoms with Crippen LogP contribution in [0.3, 0.4) is 0 Å². The SMILES string of the molecule is CC(C)C=Cc1sc(-c2nccs2)nc1C(=O)NCCCNC(=O)CS. The largest absolute Gasteiger partial charge is 0.355 e. The monoisotopic (exact) mass is 410 g/mol. The van der Waals surface area contributed by atoms with E-state index in [1.165, 1.54) is 22.7 Å². The third-order valence-corrected chi connectivity index (χ3v) is 5.44. The molecule has 26 heavy (non-hydrogen) atoms. The molecule has 2 amide bonds. The Bertz CT molecular complexity index is 754. The Labute approximate surface area is 166 Å². The Morgan fingerprint density at radius 3 is 2.69 bits per heavy atom. The van der Waals surface area contributed by atoms with E-state index in [-0.39, 0.29) is 17.6 Å². The van der Waals surface area contributed by atoms with Crippen LogP contribution in [-0.2, 0) is 4.79 Å². The first kappa shape index (κ1) is 20.6. The van der Waals surface area contributed by atoms with E-state index in [4.69, 9.17) is 0 Å². The van der Waals surface area contributed by atoms with E-state index in [1.54, 1.807) is 6.20 Å². The van der Waals surface area contributed by atoms with E-state index in [0.29, 0.717) is 31.1 Å². The highest BCUT2D eigenvalue weighted by Crippen LogP contribution is 2.30. The number of nitrogens with zero attached hydrogens (tertiary/aromatic N) is 2. The van der Waals surface area contributed by atoms with Gasteiger partial charge in [-0.1, -0.05) is 19.9 Å². The summed E-state index contributed by atoms with van der Waals surface area (Å²) in [5.41, 5.74) is 0.413. The normalized spacial score (nSPS) is 11.2. The van der Waals surface area contributed by atoms with Gasteiger partial charge in [-0.2, -0.15) is 12.6 Å². The van der Waals surface area contributed by atoms with E-state index in [0.717, 1.165) is 14.9 Å². The van der Waals surface area contributed by atoms with Gasteiger partial charge in [0.05, 0.1) is 10.6 Å². The lowest BCUT2D eigenvalue weighted by molar-refractivity contribution is -0.118. The number of nitrogens with one attached hydrogen (secondary N) is 2. The minimum Gasteiger partial charge on any atom is -0.355 e. The summed E-state index contributed by atoms with van der Waals surface area (Å²) in [5, 5.41) is 9.02. The number of hydrogen-bond donors (Lipinski definition) is 3. The molecular weight excluding hydrogens is 388 g/mol. The second-order valence-electron chi connectivity index (χ2n) is 5.79. The average molecular weight is 411 g/mol. The van der Waals surface area contributed by atoms with Gasteiger partial charge in [0.25, 0.3) is 5.91 Å². The number of amides is 2. The third-order valence-electron chi connectivity index (χ3n) is 3.22. The average Bonchev–Trinajstić information content (AvgIpc) is 3.28. The van der Waals surface area contributed by atoms with Gasteiger partial charge in [-0.05, 0) is 18.4 Å². The van der Waals surface area contributed by atoms with Crippen LogP contribution in [0.25, 0.3) is 16.1 Å². The van der Waals surface area contributed by atoms with Crippen molar-refractivity contribution < 1.29 is 9.59 Å². The molecule has 0 fully saturated rings. The van der Waals surface area contributed by atoms with Crippen molar-refractivity contribution in [2.75, 3.05) is 18.8 Å². The van der Waals surface area contributed by atoms with Crippen LogP contribution in [0.4, 0.5) is 0 Å². The second kappa shape index (κ2) is 10.4. The lowest BCUT2D eigenvalue weighted by Crippen LogP contribution is -2.30. The molecule has 0 aromatic carbocycles. The quantitative estimate of drug-likeness (QED) is 0.438. The topological polar surface area (TPSA) is 84.0 Å². The molecule has 2 N–H and O–H groups in total. The molecule has 2 rings (SSSR count). The molecule has 2 aromatic heterocycles. The van der Waals surface area contributed by atoms with Crippen molar-refractivity contribution in [3.8, 4) is 10.0 Å². The van der Waals surface area contributed by atoms with Crippen molar-refractivity contribution in [1.82, 2.24) is 20.6 Å².